The van der Waals surface area contributed by atoms with Crippen LogP contribution in [0.4, 0.5) is 0 Å². The molecule has 2 nitrogen and oxygen atoms in total. The molecule has 0 atom stereocenters. The summed E-state index contributed by atoms with van der Waals surface area (Å²) < 4.78 is 0. The lowest BCUT2D eigenvalue weighted by Gasteiger charge is -2.17. The van der Waals surface area contributed by atoms with Crippen LogP contribution in [0.1, 0.15) is 31.9 Å². The highest BCUT2D eigenvalue weighted by atomic mass is 14.7. The normalized spacial score (nSPS) is 12.5. The molecule has 0 fully saturated rings. The number of nitrogens with one attached hydrogen (secondary N) is 1. The van der Waals surface area contributed by atoms with Gasteiger partial charge in [0.1, 0.15) is 0 Å². The molecule has 1 aromatic carbocycles. The maximum atomic E-state index is 8.33. The summed E-state index contributed by atoms with van der Waals surface area (Å²) in [6.07, 6.45) is 9.35. The second-order valence-electron chi connectivity index (χ2n) is 5.48. The van der Waals surface area contributed by atoms with Gasteiger partial charge < -0.3 is 0 Å². The van der Waals surface area contributed by atoms with Gasteiger partial charge in [0.15, 0.2) is 0 Å². The van der Waals surface area contributed by atoms with Crippen LogP contribution >= 0.6 is 0 Å². The van der Waals surface area contributed by atoms with Gasteiger partial charge in [-0.05, 0) is 55.2 Å². The highest BCUT2D eigenvalue weighted by Gasteiger charge is 2.18. The molecule has 1 rings (SSSR count). The van der Waals surface area contributed by atoms with Crippen molar-refractivity contribution >= 4 is 17.0 Å². The number of aliphatic imine (C=N–C) groups is 1. The zero-order valence-electron chi connectivity index (χ0n) is 14.9. The summed E-state index contributed by atoms with van der Waals surface area (Å²) in [4.78, 5) is 4.34. The molecule has 0 amide bonds. The van der Waals surface area contributed by atoms with E-state index >= 15 is 0 Å². The van der Waals surface area contributed by atoms with E-state index in [0.29, 0.717) is 17.0 Å². The van der Waals surface area contributed by atoms with Crippen LogP contribution in [0.2, 0.25) is 0 Å². The second kappa shape index (κ2) is 8.64. The Hall–Kier alpha value is -2.92. The highest BCUT2D eigenvalue weighted by molar-refractivity contribution is 6.54. The number of rotatable bonds is 6. The molecule has 1 aromatic rings. The van der Waals surface area contributed by atoms with Crippen LogP contribution < -0.4 is 0 Å². The first-order valence-electron chi connectivity index (χ1n) is 7.69. The second-order valence-corrected chi connectivity index (χ2v) is 5.48. The van der Waals surface area contributed by atoms with Crippen molar-refractivity contribution in [3.05, 3.63) is 77.4 Å². The van der Waals surface area contributed by atoms with E-state index in [-0.39, 0.29) is 0 Å². The Morgan fingerprint density at radius 1 is 1.29 bits per heavy atom. The largest absolute Gasteiger partial charge is 0.298 e. The lowest BCUT2D eigenvalue weighted by molar-refractivity contribution is 1.40. The van der Waals surface area contributed by atoms with Crippen molar-refractivity contribution in [2.75, 3.05) is 7.05 Å². The predicted molar refractivity (Wildman–Crippen MR) is 107 cm³/mol. The minimum Gasteiger partial charge on any atom is -0.298 e. The maximum Gasteiger partial charge on any atom is 0.0903 e. The molecule has 24 heavy (non-hydrogen) atoms. The summed E-state index contributed by atoms with van der Waals surface area (Å²) in [5.74, 6) is 2.65. The molecule has 0 saturated heterocycles. The van der Waals surface area contributed by atoms with Gasteiger partial charge in [-0.3, -0.25) is 10.4 Å². The van der Waals surface area contributed by atoms with Crippen molar-refractivity contribution in [1.82, 2.24) is 0 Å². The first-order valence-corrected chi connectivity index (χ1v) is 7.69. The molecule has 0 aliphatic heterocycles. The van der Waals surface area contributed by atoms with Crippen LogP contribution in [0.5, 0.6) is 0 Å². The van der Waals surface area contributed by atoms with Gasteiger partial charge in [0.2, 0.25) is 0 Å². The van der Waals surface area contributed by atoms with Crippen LogP contribution in [-0.2, 0) is 0 Å². The monoisotopic (exact) mass is 316 g/mol. The smallest absolute Gasteiger partial charge is 0.0903 e. The maximum absolute atomic E-state index is 8.33. The predicted octanol–water partition coefficient (Wildman–Crippen LogP) is 5.24. The summed E-state index contributed by atoms with van der Waals surface area (Å²) in [5.41, 5.74) is 5.95. The van der Waals surface area contributed by atoms with Crippen LogP contribution in [0.3, 0.4) is 0 Å². The van der Waals surface area contributed by atoms with Gasteiger partial charge in [0, 0.05) is 18.2 Å². The van der Waals surface area contributed by atoms with Gasteiger partial charge in [-0.25, -0.2) is 0 Å². The highest BCUT2D eigenvalue weighted by Crippen LogP contribution is 2.26. The minimum absolute atomic E-state index is 0.311. The number of nitrogens with zero attached hydrogens (tertiary/aromatic N) is 1. The fourth-order valence-corrected chi connectivity index (χ4v) is 2.39. The Bertz CT molecular complexity index is 809. The van der Waals surface area contributed by atoms with E-state index in [0.717, 1.165) is 27.8 Å². The topological polar surface area (TPSA) is 36.2 Å². The number of hydrogen-bond donors (Lipinski definition) is 1. The number of allylic oxidation sites excluding steroid dienone is 6. The molecule has 0 aromatic heterocycles. The van der Waals surface area contributed by atoms with Gasteiger partial charge in [-0.2, -0.15) is 0 Å². The van der Waals surface area contributed by atoms with Gasteiger partial charge in [-0.15, -0.1) is 6.42 Å². The van der Waals surface area contributed by atoms with E-state index in [2.05, 4.69) is 24.1 Å². The molecular formula is C22H24N2. The SMILES string of the molecule is C#Cc1cccc(/C(C)=C(\C(=C)/C=C\C)C(=NC)C(=N)C(=C)C)c1. The summed E-state index contributed by atoms with van der Waals surface area (Å²) >= 11 is 0. The Morgan fingerprint density at radius 2 is 1.96 bits per heavy atom. The average Bonchev–Trinajstić information content (AvgIpc) is 2.58. The first kappa shape index (κ1) is 19.1. The average molecular weight is 316 g/mol. The van der Waals surface area contributed by atoms with Crippen LogP contribution in [0.15, 0.2) is 71.3 Å². The van der Waals surface area contributed by atoms with Crippen LogP contribution in [0.25, 0.3) is 5.57 Å². The Balaban J connectivity index is 3.68. The molecule has 0 aliphatic carbocycles. The zero-order chi connectivity index (χ0) is 18.3. The van der Waals surface area contributed by atoms with E-state index in [1.54, 1.807) is 14.0 Å². The summed E-state index contributed by atoms with van der Waals surface area (Å²) in [5, 5.41) is 8.33. The molecule has 0 saturated carbocycles. The van der Waals surface area contributed by atoms with E-state index < -0.39 is 0 Å². The third-order valence-electron chi connectivity index (χ3n) is 3.65. The summed E-state index contributed by atoms with van der Waals surface area (Å²) in [6.45, 7) is 13.8. The fourth-order valence-electron chi connectivity index (χ4n) is 2.39. The molecule has 1 N–H and O–H groups in total. The van der Waals surface area contributed by atoms with Crippen molar-refractivity contribution in [2.45, 2.75) is 20.8 Å². The van der Waals surface area contributed by atoms with Crippen LogP contribution in [-0.4, -0.2) is 18.5 Å². The van der Waals surface area contributed by atoms with Crippen LogP contribution in [0, 0.1) is 17.8 Å². The van der Waals surface area contributed by atoms with E-state index in [1.807, 2.05) is 50.3 Å². The van der Waals surface area contributed by atoms with E-state index in [9.17, 15) is 0 Å². The molecular weight excluding hydrogens is 292 g/mol. The molecule has 0 aliphatic rings. The number of benzene rings is 1. The molecule has 0 heterocycles. The fraction of sp³-hybridized carbons (Fsp3) is 0.182. The first-order chi connectivity index (χ1) is 11.4. The molecule has 2 heteroatoms. The van der Waals surface area contributed by atoms with Crippen molar-refractivity contribution in [2.24, 2.45) is 4.99 Å². The standard InChI is InChI=1S/C22H24N2/c1-8-11-16(5)20(22(24-7)21(23)15(3)4)17(6)19-13-10-12-18(9-2)14-19/h2,8,10-14,23H,3,5H2,1,4,6-7H3/b11-8-,20-17+,23-21?,24-22?. The minimum atomic E-state index is 0.311. The quantitative estimate of drug-likeness (QED) is 0.423. The number of hydrogen-bond acceptors (Lipinski definition) is 2. The summed E-state index contributed by atoms with van der Waals surface area (Å²) in [7, 11) is 1.68. The van der Waals surface area contributed by atoms with Gasteiger partial charge in [0.25, 0.3) is 0 Å². The van der Waals surface area contributed by atoms with Crippen molar-refractivity contribution in [3.8, 4) is 12.3 Å². The Labute approximate surface area is 145 Å². The van der Waals surface area contributed by atoms with Crippen molar-refractivity contribution in [1.29, 1.82) is 5.41 Å². The molecule has 0 bridgehead atoms. The Morgan fingerprint density at radius 3 is 2.46 bits per heavy atom. The van der Waals surface area contributed by atoms with E-state index in [1.165, 1.54) is 0 Å². The Kier molecular flexibility index (Phi) is 6.89. The van der Waals surface area contributed by atoms with Crippen molar-refractivity contribution < 1.29 is 0 Å². The summed E-state index contributed by atoms with van der Waals surface area (Å²) in [6, 6.07) is 7.77. The lowest BCUT2D eigenvalue weighted by atomic mass is 9.88. The molecule has 122 valence electrons. The van der Waals surface area contributed by atoms with Gasteiger partial charge in [-0.1, -0.05) is 43.4 Å². The third-order valence-corrected chi connectivity index (χ3v) is 3.65. The van der Waals surface area contributed by atoms with Gasteiger partial charge >= 0.3 is 0 Å². The zero-order valence-corrected chi connectivity index (χ0v) is 14.9. The molecule has 0 spiro atoms. The molecule has 0 unspecified atom stereocenters. The van der Waals surface area contributed by atoms with E-state index in [4.69, 9.17) is 11.8 Å². The number of terminal acetylenes is 1. The lowest BCUT2D eigenvalue weighted by Crippen LogP contribution is -2.18. The third kappa shape index (κ3) is 4.30. The molecule has 0 radical (unpaired) electrons. The van der Waals surface area contributed by atoms with Gasteiger partial charge in [0.05, 0.1) is 11.4 Å². The van der Waals surface area contributed by atoms with Crippen molar-refractivity contribution in [3.63, 3.8) is 0 Å².